The molecule has 29 heavy (non-hydrogen) atoms. The van der Waals surface area contributed by atoms with Crippen molar-refractivity contribution in [1.29, 1.82) is 0 Å². The molecule has 152 valence electrons. The van der Waals surface area contributed by atoms with Crippen molar-refractivity contribution in [1.82, 2.24) is 29.8 Å². The molecule has 1 saturated heterocycles. The number of thiazole rings is 1. The molecule has 0 radical (unpaired) electrons. The minimum Gasteiger partial charge on any atom is -0.375 e. The number of carbonyl (C=O) groups excluding carboxylic acids is 2. The first-order chi connectivity index (χ1) is 14.0. The fraction of sp³-hybridized carbons (Fsp3) is 0.389. The summed E-state index contributed by atoms with van der Waals surface area (Å²) >= 11 is 7.69. The first kappa shape index (κ1) is 19.7. The molecule has 3 aromatic heterocycles. The maximum atomic E-state index is 13.0. The Kier molecular flexibility index (Phi) is 5.74. The number of nitrogens with zero attached hydrogens (tertiary/aromatic N) is 5. The highest BCUT2D eigenvalue weighted by Gasteiger charge is 2.26. The van der Waals surface area contributed by atoms with Crippen LogP contribution in [0, 0.1) is 0 Å². The van der Waals surface area contributed by atoms with Gasteiger partial charge in [0.2, 0.25) is 5.91 Å². The quantitative estimate of drug-likeness (QED) is 0.615. The largest absolute Gasteiger partial charge is 0.375 e. The van der Waals surface area contributed by atoms with Crippen molar-refractivity contribution < 1.29 is 14.3 Å². The molecule has 4 heterocycles. The lowest BCUT2D eigenvalue weighted by Crippen LogP contribution is -2.47. The van der Waals surface area contributed by atoms with Crippen molar-refractivity contribution in [2.24, 2.45) is 0 Å². The number of hydrogen-bond donors (Lipinski definition) is 1. The second-order valence-corrected chi connectivity index (χ2v) is 7.96. The SMILES string of the molecule is COCC(=O)NC1CCN(C(=O)c2cc(Cl)nc(-c3cnn4ccsc34)n2)CC1. The van der Waals surface area contributed by atoms with Crippen molar-refractivity contribution >= 4 is 39.6 Å². The number of halogens is 1. The minimum atomic E-state index is -0.202. The molecule has 11 heteroatoms. The number of amides is 2. The number of methoxy groups -OCH3 is 1. The molecule has 0 saturated carbocycles. The zero-order chi connectivity index (χ0) is 20.4. The molecule has 0 atom stereocenters. The summed E-state index contributed by atoms with van der Waals surface area (Å²) in [6.07, 6.45) is 4.85. The van der Waals surface area contributed by atoms with Crippen molar-refractivity contribution in [3.8, 4) is 11.4 Å². The third-order valence-corrected chi connectivity index (χ3v) is 5.79. The number of ether oxygens (including phenoxy) is 1. The van der Waals surface area contributed by atoms with Gasteiger partial charge in [0.25, 0.3) is 5.91 Å². The standard InChI is InChI=1S/C18H19ClN6O3S/c1-28-10-15(26)21-11-2-4-24(5-3-11)17(27)13-8-14(19)23-16(22-13)12-9-20-25-6-7-29-18(12)25/h6-9,11H,2-5,10H2,1H3,(H,21,26). The van der Waals surface area contributed by atoms with Crippen LogP contribution in [0.15, 0.2) is 23.8 Å². The van der Waals surface area contributed by atoms with Crippen LogP contribution in [-0.2, 0) is 9.53 Å². The Bertz CT molecular complexity index is 1040. The van der Waals surface area contributed by atoms with Gasteiger partial charge in [-0.05, 0) is 12.8 Å². The monoisotopic (exact) mass is 434 g/mol. The van der Waals surface area contributed by atoms with Crippen molar-refractivity contribution in [2.45, 2.75) is 18.9 Å². The zero-order valence-corrected chi connectivity index (χ0v) is 17.2. The van der Waals surface area contributed by atoms with Crippen molar-refractivity contribution in [3.05, 3.63) is 34.7 Å². The van der Waals surface area contributed by atoms with E-state index in [4.69, 9.17) is 16.3 Å². The Morgan fingerprint density at radius 1 is 1.34 bits per heavy atom. The van der Waals surface area contributed by atoms with E-state index in [1.54, 1.807) is 15.6 Å². The fourth-order valence-corrected chi connectivity index (χ4v) is 4.29. The molecular weight excluding hydrogens is 416 g/mol. The molecule has 9 nitrogen and oxygen atoms in total. The molecule has 4 rings (SSSR count). The zero-order valence-electron chi connectivity index (χ0n) is 15.7. The van der Waals surface area contributed by atoms with Crippen LogP contribution in [0.5, 0.6) is 0 Å². The normalized spacial score (nSPS) is 15.0. The summed E-state index contributed by atoms with van der Waals surface area (Å²) < 4.78 is 6.56. The van der Waals surface area contributed by atoms with E-state index in [-0.39, 0.29) is 35.3 Å². The average molecular weight is 435 g/mol. The van der Waals surface area contributed by atoms with Gasteiger partial charge in [-0.15, -0.1) is 11.3 Å². The van der Waals surface area contributed by atoms with Crippen LogP contribution >= 0.6 is 22.9 Å². The molecule has 0 spiro atoms. The highest BCUT2D eigenvalue weighted by atomic mass is 35.5. The van der Waals surface area contributed by atoms with Gasteiger partial charge < -0.3 is 15.0 Å². The van der Waals surface area contributed by atoms with Gasteiger partial charge in [0, 0.05) is 43.9 Å². The maximum absolute atomic E-state index is 13.0. The molecule has 1 N–H and O–H groups in total. The van der Waals surface area contributed by atoms with Crippen LogP contribution in [0.1, 0.15) is 23.3 Å². The van der Waals surface area contributed by atoms with Crippen LogP contribution < -0.4 is 5.32 Å². The van der Waals surface area contributed by atoms with Gasteiger partial charge in [-0.2, -0.15) is 5.10 Å². The van der Waals surface area contributed by atoms with Gasteiger partial charge in [0.15, 0.2) is 5.82 Å². The molecule has 1 aliphatic rings. The highest BCUT2D eigenvalue weighted by molar-refractivity contribution is 7.16. The summed E-state index contributed by atoms with van der Waals surface area (Å²) in [5, 5.41) is 9.29. The fourth-order valence-electron chi connectivity index (χ4n) is 3.32. The molecule has 3 aromatic rings. The van der Waals surface area contributed by atoms with Crippen LogP contribution in [0.4, 0.5) is 0 Å². The third-order valence-electron chi connectivity index (χ3n) is 4.71. The Morgan fingerprint density at radius 2 is 2.14 bits per heavy atom. The number of rotatable bonds is 5. The Balaban J connectivity index is 1.48. The lowest BCUT2D eigenvalue weighted by atomic mass is 10.0. The second kappa shape index (κ2) is 8.44. The van der Waals surface area contributed by atoms with E-state index in [2.05, 4.69) is 20.4 Å². The van der Waals surface area contributed by atoms with E-state index in [1.165, 1.54) is 24.5 Å². The number of nitrogens with one attached hydrogen (secondary N) is 1. The molecule has 0 aliphatic carbocycles. The highest BCUT2D eigenvalue weighted by Crippen LogP contribution is 2.26. The number of carbonyl (C=O) groups is 2. The average Bonchev–Trinajstić information content (AvgIpc) is 3.31. The van der Waals surface area contributed by atoms with E-state index >= 15 is 0 Å². The van der Waals surface area contributed by atoms with E-state index in [0.717, 1.165) is 10.4 Å². The van der Waals surface area contributed by atoms with Gasteiger partial charge in [0.1, 0.15) is 22.3 Å². The van der Waals surface area contributed by atoms with E-state index in [0.29, 0.717) is 31.8 Å². The molecule has 1 fully saturated rings. The summed E-state index contributed by atoms with van der Waals surface area (Å²) in [6, 6.07) is 1.51. The number of aromatic nitrogens is 4. The van der Waals surface area contributed by atoms with Gasteiger partial charge in [0.05, 0.1) is 11.8 Å². The molecule has 2 amide bonds. The molecular formula is C18H19ClN6O3S. The number of piperidine rings is 1. The summed E-state index contributed by atoms with van der Waals surface area (Å²) in [5.74, 6) is 0.0254. The molecule has 0 bridgehead atoms. The summed E-state index contributed by atoms with van der Waals surface area (Å²) in [6.45, 7) is 1.08. The predicted molar refractivity (Wildman–Crippen MR) is 108 cm³/mol. The molecule has 0 aromatic carbocycles. The second-order valence-electron chi connectivity index (χ2n) is 6.68. The lowest BCUT2D eigenvalue weighted by Gasteiger charge is -2.32. The Labute approximate surface area is 175 Å². The first-order valence-electron chi connectivity index (χ1n) is 9.08. The van der Waals surface area contributed by atoms with Crippen LogP contribution in [-0.4, -0.2) is 69.1 Å². The van der Waals surface area contributed by atoms with Gasteiger partial charge in [-0.25, -0.2) is 14.5 Å². The van der Waals surface area contributed by atoms with Gasteiger partial charge in [-0.1, -0.05) is 11.6 Å². The number of hydrogen-bond acceptors (Lipinski definition) is 7. The Hall–Kier alpha value is -2.56. The van der Waals surface area contributed by atoms with Crippen molar-refractivity contribution in [3.63, 3.8) is 0 Å². The summed E-state index contributed by atoms with van der Waals surface area (Å²) in [7, 11) is 1.48. The van der Waals surface area contributed by atoms with Crippen LogP contribution in [0.3, 0.4) is 0 Å². The molecule has 1 aliphatic heterocycles. The van der Waals surface area contributed by atoms with E-state index in [1.807, 2.05) is 11.6 Å². The van der Waals surface area contributed by atoms with Gasteiger partial charge in [-0.3, -0.25) is 9.59 Å². The van der Waals surface area contributed by atoms with Crippen LogP contribution in [0.2, 0.25) is 5.15 Å². The van der Waals surface area contributed by atoms with Gasteiger partial charge >= 0.3 is 0 Å². The van der Waals surface area contributed by atoms with E-state index in [9.17, 15) is 9.59 Å². The maximum Gasteiger partial charge on any atom is 0.272 e. The summed E-state index contributed by atoms with van der Waals surface area (Å²) in [5.41, 5.74) is 0.980. The van der Waals surface area contributed by atoms with E-state index < -0.39 is 0 Å². The minimum absolute atomic E-state index is 0.0331. The third kappa shape index (κ3) is 4.24. The topological polar surface area (TPSA) is 102 Å². The smallest absolute Gasteiger partial charge is 0.272 e. The van der Waals surface area contributed by atoms with Crippen molar-refractivity contribution in [2.75, 3.05) is 26.8 Å². The first-order valence-corrected chi connectivity index (χ1v) is 10.3. The summed E-state index contributed by atoms with van der Waals surface area (Å²) in [4.78, 5) is 36.0. The number of fused-ring (bicyclic) bond motifs is 1. The molecule has 0 unspecified atom stereocenters. The lowest BCUT2D eigenvalue weighted by molar-refractivity contribution is -0.125. The number of likely N-dealkylation sites (tertiary alicyclic amines) is 1. The predicted octanol–water partition coefficient (Wildman–Crippen LogP) is 1.87. The van der Waals surface area contributed by atoms with Crippen LogP contribution in [0.25, 0.3) is 16.2 Å². The Morgan fingerprint density at radius 3 is 2.90 bits per heavy atom.